The summed E-state index contributed by atoms with van der Waals surface area (Å²) in [6, 6.07) is 5.30. The molecule has 3 nitrogen and oxygen atoms in total. The van der Waals surface area contributed by atoms with Crippen molar-refractivity contribution in [1.82, 2.24) is 0 Å². The number of fused-ring (bicyclic) bond motifs is 1. The Hall–Kier alpha value is 0.870. The molecule has 0 radical (unpaired) electrons. The van der Waals surface area contributed by atoms with Gasteiger partial charge in [-0.2, -0.15) is 0 Å². The Kier molecular flexibility index (Phi) is 3.27. The second-order valence-corrected chi connectivity index (χ2v) is 42.8. The van der Waals surface area contributed by atoms with Gasteiger partial charge in [0, 0.05) is 0 Å². The molecule has 0 aliphatic carbocycles. The van der Waals surface area contributed by atoms with E-state index in [-0.39, 0.29) is 10.6 Å². The van der Waals surface area contributed by atoms with Crippen LogP contribution in [0.15, 0.2) is 18.2 Å². The molecule has 0 amide bonds. The zero-order valence-corrected chi connectivity index (χ0v) is 13.7. The molecule has 1 aliphatic heterocycles. The third-order valence-electron chi connectivity index (χ3n) is 2.13. The SMILES string of the molecule is O=[N+]([O-])c1ccc2c(c1)C[Te](I)(I)C2. The van der Waals surface area contributed by atoms with Crippen molar-refractivity contribution in [3.63, 3.8) is 0 Å². The number of nitro groups is 1. The minimum absolute atomic E-state index is 0.233. The summed E-state index contributed by atoms with van der Waals surface area (Å²) in [6.07, 6.45) is 0. The van der Waals surface area contributed by atoms with Crippen LogP contribution in [-0.4, -0.2) is 15.2 Å². The van der Waals surface area contributed by atoms with Crippen LogP contribution >= 0.6 is 37.4 Å². The second-order valence-electron chi connectivity index (χ2n) is 3.20. The monoisotopic (exact) mass is 533 g/mol. The van der Waals surface area contributed by atoms with E-state index < -0.39 is 10.3 Å². The summed E-state index contributed by atoms with van der Waals surface area (Å²) in [5.41, 5.74) is 2.78. The van der Waals surface area contributed by atoms with Gasteiger partial charge < -0.3 is 0 Å². The Bertz CT molecular complexity index is 408. The van der Waals surface area contributed by atoms with Crippen LogP contribution in [0.2, 0.25) is 0 Å². The quantitative estimate of drug-likeness (QED) is 0.243. The fourth-order valence-corrected chi connectivity index (χ4v) is 15.0. The molecule has 1 heterocycles. The number of hydrogen-bond donors (Lipinski definition) is 0. The van der Waals surface area contributed by atoms with Crippen LogP contribution in [0.5, 0.6) is 0 Å². The van der Waals surface area contributed by atoms with Crippen molar-refractivity contribution >= 4 is 53.4 Å². The van der Waals surface area contributed by atoms with Crippen molar-refractivity contribution in [2.75, 3.05) is 0 Å². The topological polar surface area (TPSA) is 43.1 Å². The van der Waals surface area contributed by atoms with Gasteiger partial charge in [0.1, 0.15) is 0 Å². The van der Waals surface area contributed by atoms with Crippen LogP contribution in [-0.2, 0) is 8.94 Å². The van der Waals surface area contributed by atoms with E-state index in [9.17, 15) is 10.1 Å². The summed E-state index contributed by atoms with van der Waals surface area (Å²) in [6.45, 7) is 0. The molecule has 6 heteroatoms. The van der Waals surface area contributed by atoms with Crippen LogP contribution in [0.4, 0.5) is 5.69 Å². The molecule has 14 heavy (non-hydrogen) atoms. The first-order chi connectivity index (χ1) is 6.48. The van der Waals surface area contributed by atoms with Crippen molar-refractivity contribution < 1.29 is 4.92 Å². The minimum atomic E-state index is -1.70. The number of non-ortho nitro benzene ring substituents is 1. The van der Waals surface area contributed by atoms with Gasteiger partial charge >= 0.3 is 107 Å². The second kappa shape index (κ2) is 4.03. The van der Waals surface area contributed by atoms with Gasteiger partial charge in [-0.1, -0.05) is 0 Å². The molecule has 0 fully saturated rings. The summed E-state index contributed by atoms with van der Waals surface area (Å²) >= 11 is 5.19. The predicted octanol–water partition coefficient (Wildman–Crippen LogP) is 3.08. The Morgan fingerprint density at radius 2 is 1.93 bits per heavy atom. The molecule has 0 bridgehead atoms. The molecular weight excluding hydrogens is 524 g/mol. The van der Waals surface area contributed by atoms with Crippen LogP contribution < -0.4 is 0 Å². The molecule has 0 atom stereocenters. The van der Waals surface area contributed by atoms with Gasteiger partial charge in [-0.05, 0) is 0 Å². The average molecular weight is 531 g/mol. The third-order valence-corrected chi connectivity index (χ3v) is 14.7. The fourth-order valence-electron chi connectivity index (χ4n) is 1.51. The zero-order chi connectivity index (χ0) is 10.3. The maximum absolute atomic E-state index is 10.6. The van der Waals surface area contributed by atoms with E-state index in [1.165, 1.54) is 15.6 Å². The molecule has 0 aromatic heterocycles. The van der Waals surface area contributed by atoms with Crippen LogP contribution in [0.3, 0.4) is 0 Å². The Balaban J connectivity index is 2.40. The zero-order valence-electron chi connectivity index (χ0n) is 7.07. The van der Waals surface area contributed by atoms with Gasteiger partial charge in [-0.15, -0.1) is 0 Å². The molecule has 0 saturated carbocycles. The standard InChI is InChI=1S/C8H7I2NO2Te/c9-14(10)4-6-1-2-8(11(12)13)3-7(6)5-14/h1-3H,4-5H2. The number of halogens is 2. The molecule has 1 aromatic carbocycles. The van der Waals surface area contributed by atoms with Crippen LogP contribution in [0.1, 0.15) is 11.1 Å². The van der Waals surface area contributed by atoms with E-state index in [0.29, 0.717) is 0 Å². The van der Waals surface area contributed by atoms with Gasteiger partial charge in [0.15, 0.2) is 0 Å². The van der Waals surface area contributed by atoms with E-state index in [4.69, 9.17) is 0 Å². The molecule has 0 saturated heterocycles. The van der Waals surface area contributed by atoms with Gasteiger partial charge in [0.2, 0.25) is 0 Å². The maximum atomic E-state index is 10.6. The van der Waals surface area contributed by atoms with Crippen molar-refractivity contribution in [2.45, 2.75) is 8.94 Å². The van der Waals surface area contributed by atoms with E-state index >= 15 is 0 Å². The first-order valence-corrected chi connectivity index (χ1v) is 20.8. The Morgan fingerprint density at radius 3 is 2.57 bits per heavy atom. The molecule has 76 valence electrons. The summed E-state index contributed by atoms with van der Waals surface area (Å²) in [5, 5.41) is 10.6. The number of nitrogens with zero attached hydrogens (tertiary/aromatic N) is 1. The molecule has 0 unspecified atom stereocenters. The molecule has 2 rings (SSSR count). The average Bonchev–Trinajstić information content (AvgIpc) is 2.36. The van der Waals surface area contributed by atoms with Crippen LogP contribution in [0, 0.1) is 10.1 Å². The summed E-state index contributed by atoms with van der Waals surface area (Å²) in [7, 11) is -1.70. The van der Waals surface area contributed by atoms with E-state index in [1.54, 1.807) is 12.1 Å². The van der Waals surface area contributed by atoms with E-state index in [2.05, 4.69) is 37.4 Å². The first kappa shape index (κ1) is 11.4. The van der Waals surface area contributed by atoms with Crippen molar-refractivity contribution in [1.29, 1.82) is 0 Å². The predicted molar refractivity (Wildman–Crippen MR) is 74.3 cm³/mol. The Labute approximate surface area is 105 Å². The molecular formula is C8H7I2NO2Te. The van der Waals surface area contributed by atoms with Gasteiger partial charge in [0.05, 0.1) is 0 Å². The first-order valence-electron chi connectivity index (χ1n) is 3.92. The van der Waals surface area contributed by atoms with E-state index in [0.717, 1.165) is 4.47 Å². The summed E-state index contributed by atoms with van der Waals surface area (Å²) in [5.74, 6) is 0. The normalized spacial score (nSPS) is 20.1. The van der Waals surface area contributed by atoms with E-state index in [1.807, 2.05) is 6.07 Å². The summed E-state index contributed by atoms with van der Waals surface area (Å²) in [4.78, 5) is 10.3. The fraction of sp³-hybridized carbons (Fsp3) is 0.250. The third kappa shape index (κ3) is 2.33. The number of rotatable bonds is 1. The molecule has 1 aliphatic rings. The van der Waals surface area contributed by atoms with Gasteiger partial charge in [0.25, 0.3) is 0 Å². The number of benzene rings is 1. The van der Waals surface area contributed by atoms with Crippen molar-refractivity contribution in [3.05, 3.63) is 39.4 Å². The molecule has 0 N–H and O–H groups in total. The molecule has 1 aromatic rings. The summed E-state index contributed by atoms with van der Waals surface area (Å²) < 4.78 is 2.30. The molecule has 0 spiro atoms. The number of nitro benzene ring substituents is 1. The van der Waals surface area contributed by atoms with Crippen molar-refractivity contribution in [2.24, 2.45) is 0 Å². The van der Waals surface area contributed by atoms with Gasteiger partial charge in [-0.25, -0.2) is 0 Å². The van der Waals surface area contributed by atoms with Crippen molar-refractivity contribution in [3.8, 4) is 0 Å². The number of hydrogen-bond acceptors (Lipinski definition) is 2. The van der Waals surface area contributed by atoms with Crippen LogP contribution in [0.25, 0.3) is 0 Å². The Morgan fingerprint density at radius 1 is 1.29 bits per heavy atom. The van der Waals surface area contributed by atoms with Gasteiger partial charge in [-0.3, -0.25) is 0 Å².